The number of thioether (sulfide) groups is 1. The predicted molar refractivity (Wildman–Crippen MR) is 87.0 cm³/mol. The van der Waals surface area contributed by atoms with Crippen LogP contribution in [0.2, 0.25) is 0 Å². The van der Waals surface area contributed by atoms with Crippen LogP contribution in [0.15, 0.2) is 41.8 Å². The summed E-state index contributed by atoms with van der Waals surface area (Å²) in [6.45, 7) is 6.12. The first-order valence-corrected chi connectivity index (χ1v) is 8.41. The van der Waals surface area contributed by atoms with Crippen molar-refractivity contribution in [3.63, 3.8) is 0 Å². The van der Waals surface area contributed by atoms with Crippen LogP contribution >= 0.6 is 11.8 Å². The Labute approximate surface area is 121 Å². The summed E-state index contributed by atoms with van der Waals surface area (Å²) in [4.78, 5) is 1.35. The van der Waals surface area contributed by atoms with Crippen LogP contribution in [0.5, 0.6) is 0 Å². The molecule has 0 unspecified atom stereocenters. The summed E-state index contributed by atoms with van der Waals surface area (Å²) in [7, 11) is 0. The Hall–Kier alpha value is -0.890. The minimum absolute atomic E-state index is 0.660. The van der Waals surface area contributed by atoms with E-state index in [2.05, 4.69) is 43.1 Å². The highest BCUT2D eigenvalue weighted by molar-refractivity contribution is 7.99. The molecule has 0 aliphatic heterocycles. The molecule has 0 bridgehead atoms. The fourth-order valence-electron chi connectivity index (χ4n) is 2.80. The number of hydrogen-bond acceptors (Lipinski definition) is 2. The Morgan fingerprint density at radius 3 is 2.68 bits per heavy atom. The van der Waals surface area contributed by atoms with Crippen LogP contribution in [0, 0.1) is 5.92 Å². The van der Waals surface area contributed by atoms with E-state index in [4.69, 9.17) is 0 Å². The third kappa shape index (κ3) is 4.31. The van der Waals surface area contributed by atoms with Gasteiger partial charge in [0, 0.05) is 22.4 Å². The molecule has 0 spiro atoms. The highest BCUT2D eigenvalue weighted by atomic mass is 32.2. The number of rotatable bonds is 6. The van der Waals surface area contributed by atoms with Gasteiger partial charge in [-0.05, 0) is 43.7 Å². The van der Waals surface area contributed by atoms with Crippen LogP contribution in [0.25, 0.3) is 0 Å². The van der Waals surface area contributed by atoms with Gasteiger partial charge in [-0.25, -0.2) is 0 Å². The van der Waals surface area contributed by atoms with Gasteiger partial charge in [0.1, 0.15) is 0 Å². The molecule has 2 heteroatoms. The van der Waals surface area contributed by atoms with Crippen molar-refractivity contribution in [2.45, 2.75) is 50.0 Å². The predicted octanol–water partition coefficient (Wildman–Crippen LogP) is 5.35. The lowest BCUT2D eigenvalue weighted by atomic mass is 9.84. The van der Waals surface area contributed by atoms with Crippen molar-refractivity contribution in [2.75, 3.05) is 11.1 Å². The molecule has 1 N–H and O–H groups in total. The normalized spacial score (nSPS) is 23.0. The van der Waals surface area contributed by atoms with E-state index in [9.17, 15) is 0 Å². The molecule has 1 aliphatic carbocycles. The van der Waals surface area contributed by atoms with Crippen molar-refractivity contribution in [1.82, 2.24) is 0 Å². The molecular weight excluding hydrogens is 250 g/mol. The SMILES string of the molecule is C=CCSc1ccccc1NC1CCC(CC)CC1. The number of para-hydroxylation sites is 1. The molecule has 1 aliphatic rings. The second-order valence-electron chi connectivity index (χ2n) is 5.37. The van der Waals surface area contributed by atoms with Crippen LogP contribution in [0.4, 0.5) is 5.69 Å². The third-order valence-corrected chi connectivity index (χ3v) is 5.10. The molecule has 0 aromatic heterocycles. The van der Waals surface area contributed by atoms with Crippen molar-refractivity contribution in [3.8, 4) is 0 Å². The Morgan fingerprint density at radius 2 is 2.00 bits per heavy atom. The highest BCUT2D eigenvalue weighted by Gasteiger charge is 2.20. The molecule has 1 nitrogen and oxygen atoms in total. The van der Waals surface area contributed by atoms with Gasteiger partial charge in [0.25, 0.3) is 0 Å². The number of nitrogens with one attached hydrogen (secondary N) is 1. The van der Waals surface area contributed by atoms with E-state index >= 15 is 0 Å². The molecule has 1 aromatic rings. The first kappa shape index (κ1) is 14.5. The van der Waals surface area contributed by atoms with Gasteiger partial charge in [-0.3, -0.25) is 0 Å². The van der Waals surface area contributed by atoms with Crippen molar-refractivity contribution < 1.29 is 0 Å². The van der Waals surface area contributed by atoms with Crippen LogP contribution in [-0.4, -0.2) is 11.8 Å². The lowest BCUT2D eigenvalue weighted by molar-refractivity contribution is 0.330. The molecule has 2 rings (SSSR count). The third-order valence-electron chi connectivity index (χ3n) is 4.03. The van der Waals surface area contributed by atoms with Crippen LogP contribution in [0.3, 0.4) is 0 Å². The summed E-state index contributed by atoms with van der Waals surface area (Å²) in [5.74, 6) is 1.93. The summed E-state index contributed by atoms with van der Waals surface area (Å²) < 4.78 is 0. The van der Waals surface area contributed by atoms with E-state index in [1.165, 1.54) is 42.7 Å². The minimum atomic E-state index is 0.660. The van der Waals surface area contributed by atoms with Crippen molar-refractivity contribution in [2.24, 2.45) is 5.92 Å². The maximum absolute atomic E-state index is 3.80. The molecule has 0 amide bonds. The van der Waals surface area contributed by atoms with E-state index in [1.807, 2.05) is 17.8 Å². The molecule has 19 heavy (non-hydrogen) atoms. The average Bonchev–Trinajstić information content (AvgIpc) is 2.47. The number of hydrogen-bond donors (Lipinski definition) is 1. The second kappa shape index (κ2) is 7.64. The Morgan fingerprint density at radius 1 is 1.26 bits per heavy atom. The maximum Gasteiger partial charge on any atom is 0.0480 e. The molecule has 1 saturated carbocycles. The maximum atomic E-state index is 3.80. The van der Waals surface area contributed by atoms with Crippen LogP contribution < -0.4 is 5.32 Å². The first-order chi connectivity index (χ1) is 9.33. The van der Waals surface area contributed by atoms with Crippen molar-refractivity contribution in [3.05, 3.63) is 36.9 Å². The van der Waals surface area contributed by atoms with Gasteiger partial charge in [-0.1, -0.05) is 31.6 Å². The summed E-state index contributed by atoms with van der Waals surface area (Å²) in [5.41, 5.74) is 1.30. The quantitative estimate of drug-likeness (QED) is 0.555. The molecule has 1 fully saturated rings. The van der Waals surface area contributed by atoms with Gasteiger partial charge in [0.2, 0.25) is 0 Å². The molecule has 0 atom stereocenters. The van der Waals surface area contributed by atoms with Crippen molar-refractivity contribution >= 4 is 17.4 Å². The summed E-state index contributed by atoms with van der Waals surface area (Å²) >= 11 is 1.86. The molecule has 104 valence electrons. The van der Waals surface area contributed by atoms with E-state index in [0.717, 1.165) is 11.7 Å². The topological polar surface area (TPSA) is 12.0 Å². The van der Waals surface area contributed by atoms with E-state index < -0.39 is 0 Å². The second-order valence-corrected chi connectivity index (χ2v) is 6.43. The van der Waals surface area contributed by atoms with Crippen molar-refractivity contribution in [1.29, 1.82) is 0 Å². The van der Waals surface area contributed by atoms with Gasteiger partial charge in [-0.15, -0.1) is 18.3 Å². The van der Waals surface area contributed by atoms with Gasteiger partial charge in [0.05, 0.1) is 0 Å². The van der Waals surface area contributed by atoms with Gasteiger partial charge < -0.3 is 5.32 Å². The smallest absolute Gasteiger partial charge is 0.0480 e. The van der Waals surface area contributed by atoms with E-state index in [0.29, 0.717) is 6.04 Å². The molecule has 0 radical (unpaired) electrons. The highest BCUT2D eigenvalue weighted by Crippen LogP contribution is 2.32. The summed E-state index contributed by atoms with van der Waals surface area (Å²) in [6, 6.07) is 9.31. The average molecular weight is 275 g/mol. The zero-order chi connectivity index (χ0) is 13.5. The Bertz CT molecular complexity index is 394. The lowest BCUT2D eigenvalue weighted by Crippen LogP contribution is -2.26. The van der Waals surface area contributed by atoms with Crippen LogP contribution in [-0.2, 0) is 0 Å². The fraction of sp³-hybridized carbons (Fsp3) is 0.529. The zero-order valence-corrected chi connectivity index (χ0v) is 12.7. The van der Waals surface area contributed by atoms with Gasteiger partial charge in [-0.2, -0.15) is 0 Å². The Kier molecular flexibility index (Phi) is 5.84. The summed E-state index contributed by atoms with van der Waals surface area (Å²) in [5, 5.41) is 3.75. The molecule has 0 heterocycles. The van der Waals surface area contributed by atoms with E-state index in [1.54, 1.807) is 0 Å². The minimum Gasteiger partial charge on any atom is -0.381 e. The van der Waals surface area contributed by atoms with E-state index in [-0.39, 0.29) is 0 Å². The van der Waals surface area contributed by atoms with Crippen LogP contribution in [0.1, 0.15) is 39.0 Å². The molecular formula is C17H25NS. The fourth-order valence-corrected chi connectivity index (χ4v) is 3.55. The first-order valence-electron chi connectivity index (χ1n) is 7.42. The Balaban J connectivity index is 1.93. The zero-order valence-electron chi connectivity index (χ0n) is 11.9. The largest absolute Gasteiger partial charge is 0.381 e. The molecule has 1 aromatic carbocycles. The monoisotopic (exact) mass is 275 g/mol. The summed E-state index contributed by atoms with van der Waals surface area (Å²) in [6.07, 6.45) is 8.72. The van der Waals surface area contributed by atoms with Gasteiger partial charge >= 0.3 is 0 Å². The standard InChI is InChI=1S/C17H25NS/c1-3-13-19-17-8-6-5-7-16(17)18-15-11-9-14(4-2)10-12-15/h3,5-8,14-15,18H,1,4,9-13H2,2H3. The lowest BCUT2D eigenvalue weighted by Gasteiger charge is -2.29. The molecule has 0 saturated heterocycles. The number of benzene rings is 1. The number of anilines is 1. The van der Waals surface area contributed by atoms with Gasteiger partial charge in [0.15, 0.2) is 0 Å².